The molecule has 2 aromatic rings. The van der Waals surface area contributed by atoms with Crippen LogP contribution < -0.4 is 10.6 Å². The molecule has 0 saturated carbocycles. The SMILES string of the molecule is Cc1cccc(C(C)C)c1N/C=C(/C#N)C(=O)NCCc1ccccc1. The van der Waals surface area contributed by atoms with Gasteiger partial charge in [0.2, 0.25) is 0 Å². The molecule has 0 atom stereocenters. The van der Waals surface area contributed by atoms with E-state index < -0.39 is 0 Å². The van der Waals surface area contributed by atoms with Crippen molar-refractivity contribution in [2.75, 3.05) is 11.9 Å². The van der Waals surface area contributed by atoms with Gasteiger partial charge in [-0.25, -0.2) is 0 Å². The highest BCUT2D eigenvalue weighted by Gasteiger charge is 2.11. The molecule has 2 N–H and O–H groups in total. The largest absolute Gasteiger partial charge is 0.360 e. The lowest BCUT2D eigenvalue weighted by Crippen LogP contribution is -2.27. The van der Waals surface area contributed by atoms with Gasteiger partial charge in [0.1, 0.15) is 11.6 Å². The summed E-state index contributed by atoms with van der Waals surface area (Å²) in [5, 5.41) is 15.3. The molecule has 0 aliphatic rings. The van der Waals surface area contributed by atoms with E-state index in [9.17, 15) is 10.1 Å². The van der Waals surface area contributed by atoms with Crippen LogP contribution in [0.15, 0.2) is 60.3 Å². The number of anilines is 1. The number of para-hydroxylation sites is 1. The third-order valence-electron chi connectivity index (χ3n) is 4.20. The molecular weight excluding hydrogens is 322 g/mol. The fourth-order valence-electron chi connectivity index (χ4n) is 2.72. The van der Waals surface area contributed by atoms with Crippen LogP contribution in [0.3, 0.4) is 0 Å². The summed E-state index contributed by atoms with van der Waals surface area (Å²) in [6.45, 7) is 6.73. The monoisotopic (exact) mass is 347 g/mol. The zero-order valence-corrected chi connectivity index (χ0v) is 15.5. The molecule has 2 aromatic carbocycles. The highest BCUT2D eigenvalue weighted by Crippen LogP contribution is 2.27. The first kappa shape index (κ1) is 19.3. The molecule has 4 heteroatoms. The number of hydrogen-bond acceptors (Lipinski definition) is 3. The Kier molecular flexibility index (Phi) is 6.99. The van der Waals surface area contributed by atoms with E-state index in [2.05, 4.69) is 30.5 Å². The fraction of sp³-hybridized carbons (Fsp3) is 0.273. The van der Waals surface area contributed by atoms with E-state index in [1.807, 2.05) is 55.5 Å². The number of amides is 1. The summed E-state index contributed by atoms with van der Waals surface area (Å²) in [5.41, 5.74) is 4.40. The lowest BCUT2D eigenvalue weighted by molar-refractivity contribution is -0.117. The quantitative estimate of drug-likeness (QED) is 0.580. The maximum atomic E-state index is 12.2. The van der Waals surface area contributed by atoms with Crippen LogP contribution >= 0.6 is 0 Å². The zero-order chi connectivity index (χ0) is 18.9. The zero-order valence-electron chi connectivity index (χ0n) is 15.5. The van der Waals surface area contributed by atoms with Gasteiger partial charge in [0.15, 0.2) is 0 Å². The molecule has 0 aliphatic heterocycles. The topological polar surface area (TPSA) is 64.9 Å². The van der Waals surface area contributed by atoms with Crippen LogP contribution in [0.1, 0.15) is 36.5 Å². The maximum absolute atomic E-state index is 12.2. The number of hydrogen-bond donors (Lipinski definition) is 2. The van der Waals surface area contributed by atoms with Gasteiger partial charge >= 0.3 is 0 Å². The van der Waals surface area contributed by atoms with Gasteiger partial charge in [0.25, 0.3) is 5.91 Å². The van der Waals surface area contributed by atoms with Crippen molar-refractivity contribution in [3.05, 3.63) is 77.0 Å². The van der Waals surface area contributed by atoms with Crippen molar-refractivity contribution in [1.82, 2.24) is 5.32 Å². The molecule has 0 aliphatic carbocycles. The number of nitrogens with one attached hydrogen (secondary N) is 2. The second-order valence-electron chi connectivity index (χ2n) is 6.50. The summed E-state index contributed by atoms with van der Waals surface area (Å²) >= 11 is 0. The molecule has 0 bridgehead atoms. The Bertz CT molecular complexity index is 817. The van der Waals surface area contributed by atoms with Crippen molar-refractivity contribution < 1.29 is 4.79 Å². The molecule has 1 amide bonds. The Morgan fingerprint density at radius 3 is 2.54 bits per heavy atom. The maximum Gasteiger partial charge on any atom is 0.263 e. The third-order valence-corrected chi connectivity index (χ3v) is 4.20. The third kappa shape index (κ3) is 5.22. The summed E-state index contributed by atoms with van der Waals surface area (Å²) in [6.07, 6.45) is 2.22. The van der Waals surface area contributed by atoms with Crippen LogP contribution in [0.4, 0.5) is 5.69 Å². The Labute approximate surface area is 155 Å². The van der Waals surface area contributed by atoms with Crippen LogP contribution in [0.5, 0.6) is 0 Å². The molecule has 0 saturated heterocycles. The molecule has 0 heterocycles. The summed E-state index contributed by atoms with van der Waals surface area (Å²) in [6, 6.07) is 18.0. The molecule has 26 heavy (non-hydrogen) atoms. The predicted octanol–water partition coefficient (Wildman–Crippen LogP) is 4.30. The summed E-state index contributed by atoms with van der Waals surface area (Å²) in [7, 11) is 0. The fourth-order valence-corrected chi connectivity index (χ4v) is 2.72. The number of carbonyl (C=O) groups excluding carboxylic acids is 1. The van der Waals surface area contributed by atoms with Crippen molar-refractivity contribution in [2.45, 2.75) is 33.1 Å². The minimum absolute atomic E-state index is 0.0658. The van der Waals surface area contributed by atoms with E-state index in [4.69, 9.17) is 0 Å². The van der Waals surface area contributed by atoms with Crippen LogP contribution in [-0.4, -0.2) is 12.5 Å². The first-order chi connectivity index (χ1) is 12.5. The average molecular weight is 347 g/mol. The number of nitriles is 1. The lowest BCUT2D eigenvalue weighted by atomic mass is 9.98. The summed E-state index contributed by atoms with van der Waals surface area (Å²) in [5.74, 6) is -0.0216. The smallest absolute Gasteiger partial charge is 0.263 e. The van der Waals surface area contributed by atoms with Gasteiger partial charge in [0, 0.05) is 18.4 Å². The van der Waals surface area contributed by atoms with Crippen LogP contribution in [0.2, 0.25) is 0 Å². The second kappa shape index (κ2) is 9.43. The number of benzene rings is 2. The van der Waals surface area contributed by atoms with E-state index in [-0.39, 0.29) is 11.5 Å². The van der Waals surface area contributed by atoms with E-state index >= 15 is 0 Å². The Balaban J connectivity index is 2.02. The Morgan fingerprint density at radius 1 is 1.15 bits per heavy atom. The van der Waals surface area contributed by atoms with Crippen molar-refractivity contribution >= 4 is 11.6 Å². The van der Waals surface area contributed by atoms with E-state index in [0.29, 0.717) is 12.5 Å². The van der Waals surface area contributed by atoms with E-state index in [1.165, 1.54) is 6.20 Å². The number of carbonyl (C=O) groups is 1. The van der Waals surface area contributed by atoms with Gasteiger partial charge in [-0.05, 0) is 36.0 Å². The van der Waals surface area contributed by atoms with Gasteiger partial charge in [-0.2, -0.15) is 5.26 Å². The highest BCUT2D eigenvalue weighted by atomic mass is 16.1. The molecule has 0 spiro atoms. The normalized spacial score (nSPS) is 11.1. The predicted molar refractivity (Wildman–Crippen MR) is 106 cm³/mol. The van der Waals surface area contributed by atoms with Gasteiger partial charge in [0.05, 0.1) is 0 Å². The van der Waals surface area contributed by atoms with Crippen molar-refractivity contribution in [3.63, 3.8) is 0 Å². The highest BCUT2D eigenvalue weighted by molar-refractivity contribution is 5.97. The number of aryl methyl sites for hydroxylation is 1. The van der Waals surface area contributed by atoms with Gasteiger partial charge in [-0.3, -0.25) is 4.79 Å². The molecule has 0 fully saturated rings. The molecule has 4 nitrogen and oxygen atoms in total. The Morgan fingerprint density at radius 2 is 1.88 bits per heavy atom. The van der Waals surface area contributed by atoms with Gasteiger partial charge in [-0.1, -0.05) is 62.4 Å². The molecule has 0 radical (unpaired) electrons. The van der Waals surface area contributed by atoms with Crippen LogP contribution in [0, 0.1) is 18.3 Å². The second-order valence-corrected chi connectivity index (χ2v) is 6.50. The van der Waals surface area contributed by atoms with Crippen LogP contribution in [0.25, 0.3) is 0 Å². The molecule has 0 unspecified atom stereocenters. The van der Waals surface area contributed by atoms with Crippen molar-refractivity contribution in [2.24, 2.45) is 0 Å². The standard InChI is InChI=1S/C22H25N3O/c1-16(2)20-11-7-8-17(3)21(20)25-15-19(14-23)22(26)24-13-12-18-9-5-4-6-10-18/h4-11,15-16,25H,12-13H2,1-3H3,(H,24,26)/b19-15-. The molecule has 134 valence electrons. The molecular formula is C22H25N3O. The first-order valence-corrected chi connectivity index (χ1v) is 8.81. The van der Waals surface area contributed by atoms with Gasteiger partial charge in [-0.15, -0.1) is 0 Å². The van der Waals surface area contributed by atoms with Gasteiger partial charge < -0.3 is 10.6 Å². The lowest BCUT2D eigenvalue weighted by Gasteiger charge is -2.15. The van der Waals surface area contributed by atoms with E-state index in [0.717, 1.165) is 28.8 Å². The first-order valence-electron chi connectivity index (χ1n) is 8.81. The van der Waals surface area contributed by atoms with Crippen LogP contribution in [-0.2, 0) is 11.2 Å². The van der Waals surface area contributed by atoms with Crippen molar-refractivity contribution in [3.8, 4) is 6.07 Å². The minimum atomic E-state index is -0.365. The van der Waals surface area contributed by atoms with E-state index in [1.54, 1.807) is 0 Å². The molecule has 0 aromatic heterocycles. The number of nitrogens with zero attached hydrogens (tertiary/aromatic N) is 1. The summed E-state index contributed by atoms with van der Waals surface area (Å²) in [4.78, 5) is 12.2. The average Bonchev–Trinajstić information content (AvgIpc) is 2.64. The molecule has 2 rings (SSSR count). The number of rotatable bonds is 7. The minimum Gasteiger partial charge on any atom is -0.360 e. The van der Waals surface area contributed by atoms with Crippen molar-refractivity contribution in [1.29, 1.82) is 5.26 Å². The Hall–Kier alpha value is -3.06. The summed E-state index contributed by atoms with van der Waals surface area (Å²) < 4.78 is 0.